The number of hydrogen-bond donors (Lipinski definition) is 1. The fraction of sp³-hybridized carbons (Fsp3) is 0.889. The van der Waals surface area contributed by atoms with Gasteiger partial charge in [0, 0.05) is 37.1 Å². The molecule has 0 saturated carbocycles. The average molecular weight is 321 g/mol. The summed E-state index contributed by atoms with van der Waals surface area (Å²) in [6.45, 7) is 9.24. The molecule has 3 saturated heterocycles. The van der Waals surface area contributed by atoms with Crippen molar-refractivity contribution in [2.24, 2.45) is 11.3 Å². The highest BCUT2D eigenvalue weighted by Crippen LogP contribution is 2.32. The van der Waals surface area contributed by atoms with Crippen molar-refractivity contribution in [3.8, 4) is 0 Å². The summed E-state index contributed by atoms with van der Waals surface area (Å²) in [6.07, 6.45) is 5.21. The number of fused-ring (bicyclic) bond motifs is 2. The first-order valence-corrected chi connectivity index (χ1v) is 9.20. The summed E-state index contributed by atoms with van der Waals surface area (Å²) in [4.78, 5) is 29.8. The Morgan fingerprint density at radius 2 is 1.78 bits per heavy atom. The van der Waals surface area contributed by atoms with E-state index < -0.39 is 0 Å². The molecule has 3 rings (SSSR count). The van der Waals surface area contributed by atoms with Crippen LogP contribution in [0.5, 0.6) is 0 Å². The summed E-state index contributed by atoms with van der Waals surface area (Å²) < 4.78 is 0. The second-order valence-corrected chi connectivity index (χ2v) is 8.46. The number of rotatable bonds is 1. The predicted molar refractivity (Wildman–Crippen MR) is 89.9 cm³/mol. The minimum atomic E-state index is -0.365. The number of carbonyl (C=O) groups excluding carboxylic acids is 2. The molecule has 0 aromatic rings. The first-order chi connectivity index (χ1) is 10.9. The van der Waals surface area contributed by atoms with Gasteiger partial charge < -0.3 is 15.1 Å². The fourth-order valence-electron chi connectivity index (χ4n) is 4.39. The van der Waals surface area contributed by atoms with E-state index in [-0.39, 0.29) is 17.2 Å². The van der Waals surface area contributed by atoms with Crippen LogP contribution in [-0.4, -0.2) is 59.9 Å². The number of piperidine rings is 1. The lowest BCUT2D eigenvalue weighted by Crippen LogP contribution is -2.52. The van der Waals surface area contributed by atoms with Crippen molar-refractivity contribution in [1.29, 1.82) is 0 Å². The molecule has 3 fully saturated rings. The van der Waals surface area contributed by atoms with Gasteiger partial charge in [0.15, 0.2) is 0 Å². The highest BCUT2D eigenvalue weighted by atomic mass is 16.2. The third-order valence-corrected chi connectivity index (χ3v) is 5.61. The largest absolute Gasteiger partial charge is 0.341 e. The zero-order valence-electron chi connectivity index (χ0n) is 14.8. The molecule has 1 N–H and O–H groups in total. The van der Waals surface area contributed by atoms with Crippen molar-refractivity contribution in [2.75, 3.05) is 26.2 Å². The van der Waals surface area contributed by atoms with Gasteiger partial charge >= 0.3 is 0 Å². The standard InChI is InChI=1S/C18H31N3O2/c1-18(2,3)17(23)20-10-4-5-13(12-20)16(22)21-14-6-7-15(21)11-19-9-8-14/h13-15,19H,4-12H2,1-3H3. The molecule has 3 heterocycles. The molecule has 0 spiro atoms. The van der Waals surface area contributed by atoms with Gasteiger partial charge in [-0.1, -0.05) is 20.8 Å². The van der Waals surface area contributed by atoms with Gasteiger partial charge in [0.25, 0.3) is 0 Å². The Kier molecular flexibility index (Phi) is 4.68. The lowest BCUT2D eigenvalue weighted by molar-refractivity contribution is -0.146. The van der Waals surface area contributed by atoms with Gasteiger partial charge in [0.1, 0.15) is 0 Å². The number of likely N-dealkylation sites (tertiary alicyclic amines) is 1. The van der Waals surface area contributed by atoms with Gasteiger partial charge in [0.2, 0.25) is 11.8 Å². The smallest absolute Gasteiger partial charge is 0.228 e. The Labute approximate surface area is 139 Å². The average Bonchev–Trinajstić information content (AvgIpc) is 2.78. The van der Waals surface area contributed by atoms with Gasteiger partial charge in [-0.3, -0.25) is 9.59 Å². The van der Waals surface area contributed by atoms with E-state index in [0.29, 0.717) is 24.5 Å². The maximum atomic E-state index is 13.1. The third-order valence-electron chi connectivity index (χ3n) is 5.61. The van der Waals surface area contributed by atoms with Crippen LogP contribution < -0.4 is 5.32 Å². The van der Waals surface area contributed by atoms with E-state index in [0.717, 1.165) is 51.7 Å². The Bertz CT molecular complexity index is 457. The molecular formula is C18H31N3O2. The molecule has 5 heteroatoms. The van der Waals surface area contributed by atoms with Gasteiger partial charge in [-0.25, -0.2) is 0 Å². The molecule has 0 aromatic carbocycles. The molecule has 3 aliphatic rings. The van der Waals surface area contributed by atoms with Gasteiger partial charge in [-0.2, -0.15) is 0 Å². The molecule has 3 atom stereocenters. The van der Waals surface area contributed by atoms with E-state index in [1.807, 2.05) is 25.7 Å². The zero-order chi connectivity index (χ0) is 16.6. The molecule has 3 aliphatic heterocycles. The van der Waals surface area contributed by atoms with E-state index >= 15 is 0 Å². The Morgan fingerprint density at radius 3 is 2.52 bits per heavy atom. The highest BCUT2D eigenvalue weighted by Gasteiger charge is 2.42. The minimum absolute atomic E-state index is 0.00347. The monoisotopic (exact) mass is 321 g/mol. The van der Waals surface area contributed by atoms with Crippen LogP contribution in [0.15, 0.2) is 0 Å². The Hall–Kier alpha value is -1.10. The van der Waals surface area contributed by atoms with Crippen LogP contribution in [0.3, 0.4) is 0 Å². The molecule has 0 aromatic heterocycles. The first kappa shape index (κ1) is 16.7. The number of amides is 2. The van der Waals surface area contributed by atoms with Crippen LogP contribution in [0.1, 0.15) is 52.9 Å². The summed E-state index contributed by atoms with van der Waals surface area (Å²) in [5, 5.41) is 3.45. The van der Waals surface area contributed by atoms with E-state index in [9.17, 15) is 9.59 Å². The van der Waals surface area contributed by atoms with Gasteiger partial charge in [-0.05, 0) is 38.6 Å². The zero-order valence-corrected chi connectivity index (χ0v) is 14.8. The normalized spacial score (nSPS) is 31.9. The Balaban J connectivity index is 1.69. The Morgan fingerprint density at radius 1 is 1.04 bits per heavy atom. The summed E-state index contributed by atoms with van der Waals surface area (Å²) in [7, 11) is 0. The third kappa shape index (κ3) is 3.39. The van der Waals surface area contributed by atoms with E-state index in [4.69, 9.17) is 0 Å². The molecule has 5 nitrogen and oxygen atoms in total. The van der Waals surface area contributed by atoms with E-state index in [1.54, 1.807) is 0 Å². The maximum Gasteiger partial charge on any atom is 0.228 e. The number of nitrogens with zero attached hydrogens (tertiary/aromatic N) is 2. The fourth-order valence-corrected chi connectivity index (χ4v) is 4.39. The second-order valence-electron chi connectivity index (χ2n) is 8.46. The van der Waals surface area contributed by atoms with E-state index in [1.165, 1.54) is 0 Å². The molecule has 2 amide bonds. The van der Waals surface area contributed by atoms with Gasteiger partial charge in [-0.15, -0.1) is 0 Å². The lowest BCUT2D eigenvalue weighted by Gasteiger charge is -2.39. The molecule has 0 aliphatic carbocycles. The molecule has 130 valence electrons. The van der Waals surface area contributed by atoms with Crippen molar-refractivity contribution >= 4 is 11.8 Å². The maximum absolute atomic E-state index is 13.1. The van der Waals surface area contributed by atoms with Crippen molar-refractivity contribution in [1.82, 2.24) is 15.1 Å². The molecule has 23 heavy (non-hydrogen) atoms. The highest BCUT2D eigenvalue weighted by molar-refractivity contribution is 5.84. The minimum Gasteiger partial charge on any atom is -0.341 e. The van der Waals surface area contributed by atoms with Crippen molar-refractivity contribution in [2.45, 2.75) is 65.0 Å². The van der Waals surface area contributed by atoms with Crippen LogP contribution in [0.4, 0.5) is 0 Å². The van der Waals surface area contributed by atoms with Gasteiger partial charge in [0.05, 0.1) is 5.92 Å². The predicted octanol–water partition coefficient (Wildman–Crippen LogP) is 1.62. The summed E-state index contributed by atoms with van der Waals surface area (Å²) in [5.74, 6) is 0.472. The second kappa shape index (κ2) is 6.42. The van der Waals surface area contributed by atoms with Crippen LogP contribution in [0.2, 0.25) is 0 Å². The SMILES string of the molecule is CC(C)(C)C(=O)N1CCCC(C(=O)N2C3CCNCC2CC3)C1. The van der Waals surface area contributed by atoms with Crippen molar-refractivity contribution in [3.63, 3.8) is 0 Å². The van der Waals surface area contributed by atoms with Crippen LogP contribution in [0.25, 0.3) is 0 Å². The van der Waals surface area contributed by atoms with E-state index in [2.05, 4.69) is 10.2 Å². The number of nitrogens with one attached hydrogen (secondary N) is 1. The van der Waals surface area contributed by atoms with Crippen LogP contribution in [-0.2, 0) is 9.59 Å². The van der Waals surface area contributed by atoms with Crippen molar-refractivity contribution < 1.29 is 9.59 Å². The molecule has 3 unspecified atom stereocenters. The quantitative estimate of drug-likeness (QED) is 0.798. The molecular weight excluding hydrogens is 290 g/mol. The van der Waals surface area contributed by atoms with Crippen LogP contribution >= 0.6 is 0 Å². The summed E-state index contributed by atoms with van der Waals surface area (Å²) >= 11 is 0. The number of hydrogen-bond acceptors (Lipinski definition) is 3. The van der Waals surface area contributed by atoms with Crippen molar-refractivity contribution in [3.05, 3.63) is 0 Å². The summed E-state index contributed by atoms with van der Waals surface area (Å²) in [6, 6.07) is 0.778. The summed E-state index contributed by atoms with van der Waals surface area (Å²) in [5.41, 5.74) is -0.365. The molecule has 0 radical (unpaired) electrons. The molecule has 2 bridgehead atoms. The first-order valence-electron chi connectivity index (χ1n) is 9.20. The topological polar surface area (TPSA) is 52.7 Å². The number of carbonyl (C=O) groups is 2. The van der Waals surface area contributed by atoms with Crippen LogP contribution in [0, 0.1) is 11.3 Å². The lowest BCUT2D eigenvalue weighted by atomic mass is 9.90.